The van der Waals surface area contributed by atoms with Gasteiger partial charge in [0.05, 0.1) is 57.8 Å². The Balaban J connectivity index is 0.804. The second-order valence-electron chi connectivity index (χ2n) is 20.4. The van der Waals surface area contributed by atoms with Gasteiger partial charge in [0, 0.05) is 60.2 Å². The van der Waals surface area contributed by atoms with Gasteiger partial charge in [-0.2, -0.15) is 10.4 Å². The average molecular weight is 976 g/mol. The monoisotopic (exact) mass is 974 g/mol. The molecule has 4 atom stereocenters. The van der Waals surface area contributed by atoms with Crippen LogP contribution in [-0.4, -0.2) is 93.0 Å². The maximum Gasteiger partial charge on any atom is 0.251 e. The SMILES string of the molecule is Cc1ncsc1-c1ccc([C@H](C)NC(=O)[C@@H]2C[C@@H](O)CN2C(=O)[C@@H](C(C)C)n2cc(OCC3CCN(c4ccc(C(=O)N[C@H]5C(C)(C)[C@H](Oc6ccc(C#N)c(Cl)c6)C5(C)C)cc4)CC3)cn2)cc1. The molecule has 1 aliphatic carbocycles. The zero-order chi connectivity index (χ0) is 49.4. The van der Waals surface area contributed by atoms with E-state index in [9.17, 15) is 24.8 Å². The molecule has 5 aromatic rings. The van der Waals surface area contributed by atoms with Gasteiger partial charge in [0.25, 0.3) is 5.91 Å². The third-order valence-electron chi connectivity index (χ3n) is 14.4. The number of nitrogens with zero attached hydrogens (tertiary/aromatic N) is 6. The molecule has 16 heteroatoms. The highest BCUT2D eigenvalue weighted by Gasteiger charge is 2.64. The second kappa shape index (κ2) is 20.2. The van der Waals surface area contributed by atoms with Crippen LogP contribution in [0.25, 0.3) is 10.4 Å². The van der Waals surface area contributed by atoms with E-state index in [2.05, 4.69) is 59.4 Å². The Hall–Kier alpha value is -5.95. The van der Waals surface area contributed by atoms with E-state index in [1.807, 2.05) is 81.7 Å². The highest BCUT2D eigenvalue weighted by molar-refractivity contribution is 7.13. The fourth-order valence-corrected chi connectivity index (χ4v) is 11.9. The van der Waals surface area contributed by atoms with E-state index >= 15 is 0 Å². The first kappa shape index (κ1) is 49.5. The molecule has 3 aromatic carbocycles. The number of hydrogen-bond donors (Lipinski definition) is 3. The van der Waals surface area contributed by atoms with E-state index in [1.54, 1.807) is 46.6 Å². The summed E-state index contributed by atoms with van der Waals surface area (Å²) >= 11 is 7.86. The lowest BCUT2D eigenvalue weighted by Crippen LogP contribution is -2.74. The largest absolute Gasteiger partial charge is 0.490 e. The number of thiazole rings is 1. The molecule has 0 bridgehead atoms. The number of aliphatic hydroxyl groups is 1. The maximum absolute atomic E-state index is 14.3. The highest BCUT2D eigenvalue weighted by atomic mass is 35.5. The summed E-state index contributed by atoms with van der Waals surface area (Å²) in [5, 5.41) is 31.3. The van der Waals surface area contributed by atoms with Gasteiger partial charge < -0.3 is 35.0 Å². The Labute approximate surface area is 414 Å². The second-order valence-corrected chi connectivity index (χ2v) is 21.7. The fourth-order valence-electron chi connectivity index (χ4n) is 10.8. The van der Waals surface area contributed by atoms with Crippen LogP contribution in [0.15, 0.2) is 84.6 Å². The van der Waals surface area contributed by atoms with Gasteiger partial charge in [-0.25, -0.2) is 4.98 Å². The van der Waals surface area contributed by atoms with Crippen molar-refractivity contribution in [2.24, 2.45) is 22.7 Å². The molecule has 69 heavy (non-hydrogen) atoms. The molecular weight excluding hydrogens is 912 g/mol. The van der Waals surface area contributed by atoms with Gasteiger partial charge in [-0.05, 0) is 86.1 Å². The molecule has 3 amide bonds. The van der Waals surface area contributed by atoms with Crippen molar-refractivity contribution in [3.05, 3.63) is 112 Å². The van der Waals surface area contributed by atoms with E-state index in [1.165, 1.54) is 4.90 Å². The molecule has 1 saturated carbocycles. The first-order valence-corrected chi connectivity index (χ1v) is 25.1. The number of aryl methyl sites for hydroxylation is 1. The van der Waals surface area contributed by atoms with Gasteiger partial charge in [0.15, 0.2) is 5.75 Å². The zero-order valence-electron chi connectivity index (χ0n) is 40.6. The summed E-state index contributed by atoms with van der Waals surface area (Å²) in [4.78, 5) is 50.9. The maximum atomic E-state index is 14.3. The van der Waals surface area contributed by atoms with Gasteiger partial charge >= 0.3 is 0 Å². The molecule has 364 valence electrons. The zero-order valence-corrected chi connectivity index (χ0v) is 42.2. The lowest BCUT2D eigenvalue weighted by Gasteiger charge is -2.63. The third-order valence-corrected chi connectivity index (χ3v) is 15.7. The lowest BCUT2D eigenvalue weighted by atomic mass is 9.49. The van der Waals surface area contributed by atoms with E-state index in [4.69, 9.17) is 21.1 Å². The molecule has 2 saturated heterocycles. The number of amides is 3. The molecule has 0 unspecified atom stereocenters. The molecule has 3 N–H and O–H groups in total. The Morgan fingerprint density at radius 2 is 1.68 bits per heavy atom. The standard InChI is InChI=1S/C53H63ClN8O6S/c1-31(2)45(49(66)61-27-40(63)23-44(61)48(65)58-32(3)35-9-11-36(12-10-35)46-33(4)56-30-69-46)62-28-42(26-57-62)67-29-34-19-21-60(22-20-34)39-16-13-37(14-17-39)47(64)59-50-52(5,6)51(53(50,7)8)68-41-18-15-38(25-55)43(54)24-41/h9-18,24,26,28,30-32,34,40,44-45,50-51,63H,19-23,27,29H2,1-8H3,(H,58,65)(H,59,64)/t32-,40+,44-,45+,50-,51-/m0/s1. The number of likely N-dealkylation sites (tertiary alicyclic amines) is 1. The molecular formula is C53H63ClN8O6S. The summed E-state index contributed by atoms with van der Waals surface area (Å²) in [6, 6.07) is 21.0. The van der Waals surface area contributed by atoms with Crippen molar-refractivity contribution in [2.45, 2.75) is 111 Å². The van der Waals surface area contributed by atoms with Crippen LogP contribution < -0.4 is 25.0 Å². The number of carbonyl (C=O) groups excluding carboxylic acids is 3. The number of rotatable bonds is 15. The summed E-state index contributed by atoms with van der Waals surface area (Å²) in [5.41, 5.74) is 6.11. The number of anilines is 1. The first-order chi connectivity index (χ1) is 32.8. The number of ether oxygens (including phenoxy) is 2. The summed E-state index contributed by atoms with van der Waals surface area (Å²) < 4.78 is 14.3. The van der Waals surface area contributed by atoms with Crippen molar-refractivity contribution in [1.82, 2.24) is 30.3 Å². The number of piperidine rings is 1. The molecule has 3 aliphatic rings. The van der Waals surface area contributed by atoms with Crippen LogP contribution in [0.2, 0.25) is 5.02 Å². The number of carbonyl (C=O) groups is 3. The molecule has 8 rings (SSSR count). The number of halogens is 1. The molecule has 3 fully saturated rings. The summed E-state index contributed by atoms with van der Waals surface area (Å²) in [6.45, 7) is 18.4. The van der Waals surface area contributed by atoms with Gasteiger partial charge in [0.1, 0.15) is 30.0 Å². The van der Waals surface area contributed by atoms with Crippen molar-refractivity contribution < 1.29 is 29.0 Å². The Morgan fingerprint density at radius 1 is 0.986 bits per heavy atom. The summed E-state index contributed by atoms with van der Waals surface area (Å²) in [6.07, 6.45) is 4.37. The fraction of sp³-hybridized carbons (Fsp3) is 0.472. The number of benzene rings is 3. The van der Waals surface area contributed by atoms with Crippen LogP contribution >= 0.6 is 22.9 Å². The first-order valence-electron chi connectivity index (χ1n) is 23.8. The number of nitrogens with one attached hydrogen (secondary N) is 2. The highest BCUT2D eigenvalue weighted by Crippen LogP contribution is 2.55. The van der Waals surface area contributed by atoms with Crippen LogP contribution in [0, 0.1) is 40.9 Å². The third kappa shape index (κ3) is 10.3. The van der Waals surface area contributed by atoms with Crippen molar-refractivity contribution in [1.29, 1.82) is 5.26 Å². The smallest absolute Gasteiger partial charge is 0.251 e. The molecule has 2 aliphatic heterocycles. The Morgan fingerprint density at radius 3 is 2.30 bits per heavy atom. The Bertz CT molecular complexity index is 2670. The molecule has 0 spiro atoms. The van der Waals surface area contributed by atoms with Crippen molar-refractivity contribution in [3.8, 4) is 28.0 Å². The topological polar surface area (TPSA) is 175 Å². The van der Waals surface area contributed by atoms with Crippen molar-refractivity contribution >= 4 is 46.3 Å². The van der Waals surface area contributed by atoms with E-state index in [0.29, 0.717) is 40.2 Å². The quantitative estimate of drug-likeness (QED) is 0.0920. The van der Waals surface area contributed by atoms with Gasteiger partial charge in [0.2, 0.25) is 11.8 Å². The van der Waals surface area contributed by atoms with E-state index in [0.717, 1.165) is 53.3 Å². The minimum Gasteiger partial charge on any atom is -0.490 e. The van der Waals surface area contributed by atoms with Gasteiger partial charge in [-0.1, -0.05) is 77.4 Å². The minimum atomic E-state index is -0.818. The van der Waals surface area contributed by atoms with Crippen molar-refractivity contribution in [3.63, 3.8) is 0 Å². The molecule has 4 heterocycles. The number of β-amino-alcohol motifs (C(OH)–C–C–N with tert-alkyl or cyclic N) is 1. The normalized spacial score (nSPS) is 21.8. The van der Waals surface area contributed by atoms with Crippen molar-refractivity contribution in [2.75, 3.05) is 31.1 Å². The van der Waals surface area contributed by atoms with Crippen LogP contribution in [-0.2, 0) is 9.59 Å². The minimum absolute atomic E-state index is 0.0642. The summed E-state index contributed by atoms with van der Waals surface area (Å²) in [5.74, 6) is 0.611. The number of nitriles is 1. The number of hydrogen-bond acceptors (Lipinski definition) is 11. The number of aromatic nitrogens is 3. The predicted octanol–water partition coefficient (Wildman–Crippen LogP) is 8.78. The molecule has 2 aromatic heterocycles. The van der Waals surface area contributed by atoms with E-state index < -0.39 is 18.2 Å². The molecule has 14 nitrogen and oxygen atoms in total. The van der Waals surface area contributed by atoms with Gasteiger partial charge in [-0.15, -0.1) is 11.3 Å². The summed E-state index contributed by atoms with van der Waals surface area (Å²) in [7, 11) is 0. The lowest BCUT2D eigenvalue weighted by molar-refractivity contribution is -0.164. The van der Waals surface area contributed by atoms with E-state index in [-0.39, 0.29) is 65.6 Å². The van der Waals surface area contributed by atoms with Crippen LogP contribution in [0.3, 0.4) is 0 Å². The van der Waals surface area contributed by atoms with Crippen LogP contribution in [0.5, 0.6) is 11.5 Å². The van der Waals surface area contributed by atoms with Gasteiger partial charge in [-0.3, -0.25) is 19.1 Å². The van der Waals surface area contributed by atoms with Crippen LogP contribution in [0.4, 0.5) is 5.69 Å². The molecule has 0 radical (unpaired) electrons. The Kier molecular flexibility index (Phi) is 14.5. The average Bonchev–Trinajstić information content (AvgIpc) is 4.09. The predicted molar refractivity (Wildman–Crippen MR) is 267 cm³/mol. The number of aliphatic hydroxyl groups excluding tert-OH is 1. The van der Waals surface area contributed by atoms with Crippen LogP contribution in [0.1, 0.15) is 107 Å².